The van der Waals surface area contributed by atoms with Crippen LogP contribution in [0.15, 0.2) is 78.9 Å². The third-order valence-corrected chi connectivity index (χ3v) is 4.63. The van der Waals surface area contributed by atoms with Gasteiger partial charge in [-0.3, -0.25) is 19.7 Å². The Morgan fingerprint density at radius 1 is 0.968 bits per heavy atom. The number of carbonyl (C=O) groups is 2. The second-order valence-electron chi connectivity index (χ2n) is 6.89. The minimum atomic E-state index is -0.605. The molecule has 1 fully saturated rings. The van der Waals surface area contributed by atoms with Crippen molar-refractivity contribution >= 4 is 23.2 Å². The van der Waals surface area contributed by atoms with Crippen LogP contribution >= 0.6 is 0 Å². The van der Waals surface area contributed by atoms with E-state index in [0.717, 1.165) is 4.90 Å². The summed E-state index contributed by atoms with van der Waals surface area (Å²) >= 11 is 0. The molecule has 3 aromatic carbocycles. The summed E-state index contributed by atoms with van der Waals surface area (Å²) < 4.78 is 10.7. The van der Waals surface area contributed by atoms with Crippen molar-refractivity contribution in [2.45, 2.75) is 6.10 Å². The van der Waals surface area contributed by atoms with E-state index in [2.05, 4.69) is 0 Å². The molecule has 1 heterocycles. The first kappa shape index (κ1) is 20.2. The molecule has 0 saturated carbocycles. The summed E-state index contributed by atoms with van der Waals surface area (Å²) in [6.07, 6.45) is -0.0595. The Kier molecular flexibility index (Phi) is 5.72. The van der Waals surface area contributed by atoms with Crippen LogP contribution in [-0.4, -0.2) is 36.1 Å². The Morgan fingerprint density at radius 2 is 1.52 bits per heavy atom. The number of imide groups is 1. The fraction of sp³-hybridized carbons (Fsp3) is 0.130. The maximum absolute atomic E-state index is 13.3. The van der Waals surface area contributed by atoms with Crippen molar-refractivity contribution in [2.75, 3.05) is 18.1 Å². The molecule has 4 rings (SSSR count). The Bertz CT molecular complexity index is 1060. The number of non-ortho nitro benzene ring substituents is 1. The molecule has 8 heteroatoms. The van der Waals surface area contributed by atoms with E-state index in [1.807, 2.05) is 0 Å². The number of hydrogen-bond acceptors (Lipinski definition) is 6. The highest BCUT2D eigenvalue weighted by atomic mass is 16.6. The van der Waals surface area contributed by atoms with E-state index < -0.39 is 16.7 Å². The number of nitro benzene ring substituents is 1. The maximum atomic E-state index is 13.3. The van der Waals surface area contributed by atoms with Crippen molar-refractivity contribution in [3.63, 3.8) is 0 Å². The standard InChI is InChI=1S/C23H18N2O6/c26-22(16-7-3-1-4-8-16)24(23(27)17-9-5-2-6-10-17)18-11-19(25(28)29)13-20(12-18)30-14-21-15-31-21/h1-13,21H,14-15H2. The molecule has 0 radical (unpaired) electrons. The predicted octanol–water partition coefficient (Wildman–Crippen LogP) is 3.86. The van der Waals surface area contributed by atoms with Crippen LogP contribution in [0.5, 0.6) is 5.75 Å². The lowest BCUT2D eigenvalue weighted by molar-refractivity contribution is -0.384. The van der Waals surface area contributed by atoms with Crippen LogP contribution in [0.4, 0.5) is 11.4 Å². The Balaban J connectivity index is 1.79. The number of rotatable bonds is 7. The molecule has 0 aromatic heterocycles. The van der Waals surface area contributed by atoms with E-state index in [-0.39, 0.29) is 41.0 Å². The number of carbonyl (C=O) groups excluding carboxylic acids is 2. The lowest BCUT2D eigenvalue weighted by Gasteiger charge is -2.22. The molecule has 0 spiro atoms. The molecular formula is C23H18N2O6. The lowest BCUT2D eigenvalue weighted by atomic mass is 10.1. The van der Waals surface area contributed by atoms with E-state index in [1.165, 1.54) is 18.2 Å². The van der Waals surface area contributed by atoms with Gasteiger partial charge in [-0.2, -0.15) is 0 Å². The summed E-state index contributed by atoms with van der Waals surface area (Å²) in [5.74, 6) is -1.04. The molecule has 0 N–H and O–H groups in total. The summed E-state index contributed by atoms with van der Waals surface area (Å²) in [5.41, 5.74) is 0.291. The van der Waals surface area contributed by atoms with Gasteiger partial charge in [-0.15, -0.1) is 0 Å². The Labute approximate surface area is 177 Å². The van der Waals surface area contributed by atoms with E-state index >= 15 is 0 Å². The molecule has 31 heavy (non-hydrogen) atoms. The van der Waals surface area contributed by atoms with Gasteiger partial charge in [-0.1, -0.05) is 36.4 Å². The largest absolute Gasteiger partial charge is 0.490 e. The zero-order chi connectivity index (χ0) is 21.8. The highest BCUT2D eigenvalue weighted by molar-refractivity contribution is 6.25. The van der Waals surface area contributed by atoms with Crippen LogP contribution < -0.4 is 9.64 Å². The normalized spacial score (nSPS) is 14.5. The first-order valence-corrected chi connectivity index (χ1v) is 9.55. The second kappa shape index (κ2) is 8.76. The molecule has 1 saturated heterocycles. The van der Waals surface area contributed by atoms with Crippen molar-refractivity contribution in [3.8, 4) is 5.75 Å². The number of nitrogens with zero attached hydrogens (tertiary/aromatic N) is 2. The first-order chi connectivity index (χ1) is 15.0. The summed E-state index contributed by atoms with van der Waals surface area (Å²) in [4.78, 5) is 38.4. The van der Waals surface area contributed by atoms with E-state index in [1.54, 1.807) is 60.7 Å². The smallest absolute Gasteiger partial charge is 0.275 e. The van der Waals surface area contributed by atoms with Crippen LogP contribution in [0.3, 0.4) is 0 Å². The molecule has 3 aromatic rings. The molecular weight excluding hydrogens is 400 g/mol. The number of epoxide rings is 1. The van der Waals surface area contributed by atoms with Crippen LogP contribution in [0.25, 0.3) is 0 Å². The fourth-order valence-electron chi connectivity index (χ4n) is 2.99. The van der Waals surface area contributed by atoms with Crippen LogP contribution in [0.1, 0.15) is 20.7 Å². The zero-order valence-corrected chi connectivity index (χ0v) is 16.3. The van der Waals surface area contributed by atoms with Crippen LogP contribution in [-0.2, 0) is 4.74 Å². The maximum Gasteiger partial charge on any atom is 0.275 e. The van der Waals surface area contributed by atoms with Gasteiger partial charge in [0.05, 0.1) is 23.3 Å². The summed E-state index contributed by atoms with van der Waals surface area (Å²) in [5, 5.41) is 11.5. The second-order valence-corrected chi connectivity index (χ2v) is 6.89. The average Bonchev–Trinajstić information content (AvgIpc) is 3.63. The van der Waals surface area contributed by atoms with Crippen molar-refractivity contribution < 1.29 is 24.0 Å². The quantitative estimate of drug-likeness (QED) is 0.250. The van der Waals surface area contributed by atoms with Gasteiger partial charge in [-0.05, 0) is 24.3 Å². The fourth-order valence-corrected chi connectivity index (χ4v) is 2.99. The number of nitro groups is 1. The highest BCUT2D eigenvalue weighted by Gasteiger charge is 2.29. The summed E-state index contributed by atoms with van der Waals surface area (Å²) in [6, 6.07) is 20.4. The van der Waals surface area contributed by atoms with Gasteiger partial charge >= 0.3 is 0 Å². The number of ether oxygens (including phenoxy) is 2. The van der Waals surface area contributed by atoms with Gasteiger partial charge in [0.25, 0.3) is 17.5 Å². The molecule has 1 aliphatic heterocycles. The van der Waals surface area contributed by atoms with Gasteiger partial charge in [0, 0.05) is 23.3 Å². The number of amides is 2. The highest BCUT2D eigenvalue weighted by Crippen LogP contribution is 2.31. The van der Waals surface area contributed by atoms with E-state index in [4.69, 9.17) is 9.47 Å². The molecule has 0 aliphatic carbocycles. The van der Waals surface area contributed by atoms with E-state index in [0.29, 0.717) is 6.61 Å². The van der Waals surface area contributed by atoms with E-state index in [9.17, 15) is 19.7 Å². The number of anilines is 1. The third kappa shape index (κ3) is 4.76. The van der Waals surface area contributed by atoms with Gasteiger partial charge in [0.15, 0.2) is 0 Å². The van der Waals surface area contributed by atoms with Crippen LogP contribution in [0.2, 0.25) is 0 Å². The molecule has 156 valence electrons. The Hall–Kier alpha value is -4.04. The van der Waals surface area contributed by atoms with Crippen molar-refractivity contribution in [1.29, 1.82) is 0 Å². The van der Waals surface area contributed by atoms with Gasteiger partial charge < -0.3 is 9.47 Å². The van der Waals surface area contributed by atoms with Crippen molar-refractivity contribution in [1.82, 2.24) is 0 Å². The number of hydrogen-bond donors (Lipinski definition) is 0. The molecule has 8 nitrogen and oxygen atoms in total. The lowest BCUT2D eigenvalue weighted by Crippen LogP contribution is -2.37. The van der Waals surface area contributed by atoms with Crippen LogP contribution in [0, 0.1) is 10.1 Å². The van der Waals surface area contributed by atoms with Crippen molar-refractivity contribution in [2.24, 2.45) is 0 Å². The van der Waals surface area contributed by atoms with Crippen molar-refractivity contribution in [3.05, 3.63) is 100 Å². The molecule has 0 bridgehead atoms. The number of benzene rings is 3. The molecule has 2 amide bonds. The SMILES string of the molecule is O=C(c1ccccc1)N(C(=O)c1ccccc1)c1cc(OCC2CO2)cc([N+](=O)[O-])c1. The molecule has 1 unspecified atom stereocenters. The average molecular weight is 418 g/mol. The topological polar surface area (TPSA) is 102 Å². The monoisotopic (exact) mass is 418 g/mol. The van der Waals surface area contributed by atoms with Gasteiger partial charge in [0.2, 0.25) is 0 Å². The zero-order valence-electron chi connectivity index (χ0n) is 16.3. The molecule has 1 atom stereocenters. The van der Waals surface area contributed by atoms with Gasteiger partial charge in [-0.25, -0.2) is 4.90 Å². The predicted molar refractivity (Wildman–Crippen MR) is 112 cm³/mol. The third-order valence-electron chi connectivity index (χ3n) is 4.63. The minimum Gasteiger partial charge on any atom is -0.490 e. The first-order valence-electron chi connectivity index (χ1n) is 9.55. The summed E-state index contributed by atoms with van der Waals surface area (Å²) in [7, 11) is 0. The minimum absolute atomic E-state index is 0.0450. The van der Waals surface area contributed by atoms with Gasteiger partial charge in [0.1, 0.15) is 18.5 Å². The summed E-state index contributed by atoms with van der Waals surface area (Å²) in [6.45, 7) is 0.784. The molecule has 1 aliphatic rings. The Morgan fingerprint density at radius 3 is 2.00 bits per heavy atom.